The molecule has 1 aromatic carbocycles. The molecule has 3 nitrogen and oxygen atoms in total. The molecule has 1 saturated heterocycles. The molecule has 0 spiro atoms. The van der Waals surface area contributed by atoms with Gasteiger partial charge in [-0.1, -0.05) is 28.1 Å². The Balaban J connectivity index is 1.83. The van der Waals surface area contributed by atoms with Crippen molar-refractivity contribution in [2.75, 3.05) is 45.2 Å². The first-order valence-corrected chi connectivity index (χ1v) is 7.57. The zero-order valence-corrected chi connectivity index (χ0v) is 12.5. The van der Waals surface area contributed by atoms with Gasteiger partial charge in [0, 0.05) is 44.6 Å². The second-order valence-electron chi connectivity index (χ2n) is 4.66. The van der Waals surface area contributed by atoms with Crippen LogP contribution in [0, 0.1) is 0 Å². The summed E-state index contributed by atoms with van der Waals surface area (Å²) in [6, 6.07) is 8.37. The Kier molecular flexibility index (Phi) is 5.47. The van der Waals surface area contributed by atoms with Gasteiger partial charge in [-0.2, -0.15) is 0 Å². The lowest BCUT2D eigenvalue weighted by molar-refractivity contribution is 0.133. The largest absolute Gasteiger partial charge is 0.497 e. The van der Waals surface area contributed by atoms with Crippen molar-refractivity contribution in [3.63, 3.8) is 0 Å². The lowest BCUT2D eigenvalue weighted by Gasteiger charge is -2.34. The first-order valence-electron chi connectivity index (χ1n) is 6.45. The zero-order chi connectivity index (χ0) is 12.8. The van der Waals surface area contributed by atoms with E-state index in [1.807, 2.05) is 6.07 Å². The van der Waals surface area contributed by atoms with Crippen molar-refractivity contribution in [1.29, 1.82) is 0 Å². The van der Waals surface area contributed by atoms with Crippen LogP contribution in [0.3, 0.4) is 0 Å². The van der Waals surface area contributed by atoms with Gasteiger partial charge in [0.25, 0.3) is 0 Å². The van der Waals surface area contributed by atoms with E-state index < -0.39 is 0 Å². The number of rotatable bonds is 5. The third-order valence-corrected chi connectivity index (χ3v) is 3.76. The van der Waals surface area contributed by atoms with E-state index in [-0.39, 0.29) is 0 Å². The van der Waals surface area contributed by atoms with Gasteiger partial charge >= 0.3 is 0 Å². The van der Waals surface area contributed by atoms with Crippen LogP contribution < -0.4 is 4.74 Å². The van der Waals surface area contributed by atoms with Gasteiger partial charge in [-0.3, -0.25) is 9.80 Å². The van der Waals surface area contributed by atoms with Crippen LogP contribution in [0.1, 0.15) is 5.56 Å². The van der Waals surface area contributed by atoms with Crippen LogP contribution in [0.4, 0.5) is 0 Å². The average Bonchev–Trinajstić information content (AvgIpc) is 2.42. The number of hydrogen-bond acceptors (Lipinski definition) is 3. The van der Waals surface area contributed by atoms with Crippen LogP contribution in [-0.4, -0.2) is 55.0 Å². The van der Waals surface area contributed by atoms with Crippen LogP contribution in [0.15, 0.2) is 24.3 Å². The van der Waals surface area contributed by atoms with Crippen LogP contribution in [0.5, 0.6) is 5.75 Å². The summed E-state index contributed by atoms with van der Waals surface area (Å²) < 4.78 is 5.26. The standard InChI is InChI=1S/C14H21BrN2O/c1-18-14-4-2-3-13(11-14)12-17-9-7-16(6-5-15)8-10-17/h2-4,11H,5-10,12H2,1H3. The predicted octanol–water partition coefficient (Wildman–Crippen LogP) is 2.21. The minimum Gasteiger partial charge on any atom is -0.497 e. The number of halogens is 1. The monoisotopic (exact) mass is 312 g/mol. The fourth-order valence-corrected chi connectivity index (χ4v) is 2.82. The number of ether oxygens (including phenoxy) is 1. The molecular weight excluding hydrogens is 292 g/mol. The highest BCUT2D eigenvalue weighted by atomic mass is 79.9. The molecule has 1 aliphatic rings. The van der Waals surface area contributed by atoms with Crippen molar-refractivity contribution in [3.05, 3.63) is 29.8 Å². The third kappa shape index (κ3) is 3.97. The van der Waals surface area contributed by atoms with Crippen molar-refractivity contribution in [1.82, 2.24) is 9.80 Å². The molecule has 0 saturated carbocycles. The summed E-state index contributed by atoms with van der Waals surface area (Å²) in [5.74, 6) is 0.949. The molecule has 1 aromatic rings. The first kappa shape index (κ1) is 13.8. The summed E-state index contributed by atoms with van der Waals surface area (Å²) in [6.07, 6.45) is 0. The van der Waals surface area contributed by atoms with E-state index in [0.717, 1.165) is 37.3 Å². The highest BCUT2D eigenvalue weighted by Gasteiger charge is 2.16. The van der Waals surface area contributed by atoms with Gasteiger partial charge in [-0.05, 0) is 17.7 Å². The SMILES string of the molecule is COc1cccc(CN2CCN(CCBr)CC2)c1. The highest BCUT2D eigenvalue weighted by Crippen LogP contribution is 2.15. The fraction of sp³-hybridized carbons (Fsp3) is 0.571. The van der Waals surface area contributed by atoms with Gasteiger partial charge in [0.2, 0.25) is 0 Å². The minimum atomic E-state index is 0.949. The summed E-state index contributed by atoms with van der Waals surface area (Å²) in [4.78, 5) is 5.02. The molecule has 0 aliphatic carbocycles. The molecule has 0 bridgehead atoms. The topological polar surface area (TPSA) is 15.7 Å². The number of nitrogens with zero attached hydrogens (tertiary/aromatic N) is 2. The van der Waals surface area contributed by atoms with Crippen molar-refractivity contribution in [2.24, 2.45) is 0 Å². The lowest BCUT2D eigenvalue weighted by Crippen LogP contribution is -2.46. The molecule has 0 unspecified atom stereocenters. The first-order chi connectivity index (χ1) is 8.81. The van der Waals surface area contributed by atoms with Crippen LogP contribution in [0.2, 0.25) is 0 Å². The van der Waals surface area contributed by atoms with Crippen molar-refractivity contribution in [3.8, 4) is 5.75 Å². The molecule has 18 heavy (non-hydrogen) atoms. The van der Waals surface area contributed by atoms with Gasteiger partial charge in [0.15, 0.2) is 0 Å². The second-order valence-corrected chi connectivity index (χ2v) is 5.45. The van der Waals surface area contributed by atoms with Gasteiger partial charge < -0.3 is 4.74 Å². The molecule has 0 amide bonds. The molecule has 4 heteroatoms. The van der Waals surface area contributed by atoms with Crippen LogP contribution >= 0.6 is 15.9 Å². The van der Waals surface area contributed by atoms with E-state index in [1.165, 1.54) is 18.7 Å². The summed E-state index contributed by atoms with van der Waals surface area (Å²) in [5.41, 5.74) is 1.34. The van der Waals surface area contributed by atoms with E-state index in [2.05, 4.69) is 43.9 Å². The lowest BCUT2D eigenvalue weighted by atomic mass is 10.2. The van der Waals surface area contributed by atoms with E-state index in [1.54, 1.807) is 7.11 Å². The molecule has 0 radical (unpaired) electrons. The average molecular weight is 313 g/mol. The van der Waals surface area contributed by atoms with Crippen LogP contribution in [-0.2, 0) is 6.54 Å². The highest BCUT2D eigenvalue weighted by molar-refractivity contribution is 9.09. The molecule has 2 rings (SSSR count). The molecule has 1 aliphatic heterocycles. The predicted molar refractivity (Wildman–Crippen MR) is 78.5 cm³/mol. The molecule has 0 atom stereocenters. The summed E-state index contributed by atoms with van der Waals surface area (Å²) in [6.45, 7) is 6.85. The maximum Gasteiger partial charge on any atom is 0.119 e. The Hall–Kier alpha value is -0.580. The normalized spacial score (nSPS) is 17.9. The van der Waals surface area contributed by atoms with Crippen molar-refractivity contribution < 1.29 is 4.74 Å². The van der Waals surface area contributed by atoms with Crippen molar-refractivity contribution in [2.45, 2.75) is 6.54 Å². The molecular formula is C14H21BrN2O. The Labute approximate surface area is 118 Å². The van der Waals surface area contributed by atoms with E-state index in [0.29, 0.717) is 0 Å². The summed E-state index contributed by atoms with van der Waals surface area (Å²) >= 11 is 3.50. The summed E-state index contributed by atoms with van der Waals surface area (Å²) in [7, 11) is 1.72. The van der Waals surface area contributed by atoms with Gasteiger partial charge in [-0.25, -0.2) is 0 Å². The molecule has 1 fully saturated rings. The van der Waals surface area contributed by atoms with Gasteiger partial charge in [0.05, 0.1) is 7.11 Å². The zero-order valence-electron chi connectivity index (χ0n) is 10.9. The Bertz CT molecular complexity index is 365. The van der Waals surface area contributed by atoms with Gasteiger partial charge in [-0.15, -0.1) is 0 Å². The second kappa shape index (κ2) is 7.12. The maximum absolute atomic E-state index is 5.26. The number of benzene rings is 1. The number of alkyl halides is 1. The fourth-order valence-electron chi connectivity index (χ4n) is 2.32. The number of hydrogen-bond donors (Lipinski definition) is 0. The van der Waals surface area contributed by atoms with Crippen molar-refractivity contribution >= 4 is 15.9 Å². The molecule has 100 valence electrons. The summed E-state index contributed by atoms with van der Waals surface area (Å²) in [5, 5.41) is 1.07. The molecule has 1 heterocycles. The maximum atomic E-state index is 5.26. The Morgan fingerprint density at radius 2 is 1.89 bits per heavy atom. The van der Waals surface area contributed by atoms with Gasteiger partial charge in [0.1, 0.15) is 5.75 Å². The van der Waals surface area contributed by atoms with E-state index in [9.17, 15) is 0 Å². The number of piperazine rings is 1. The van der Waals surface area contributed by atoms with E-state index in [4.69, 9.17) is 4.74 Å². The third-order valence-electron chi connectivity index (χ3n) is 3.41. The van der Waals surface area contributed by atoms with Crippen LogP contribution in [0.25, 0.3) is 0 Å². The Morgan fingerprint density at radius 1 is 1.17 bits per heavy atom. The number of methoxy groups -OCH3 is 1. The quantitative estimate of drug-likeness (QED) is 0.775. The Morgan fingerprint density at radius 3 is 2.56 bits per heavy atom. The molecule has 0 aromatic heterocycles. The van der Waals surface area contributed by atoms with E-state index >= 15 is 0 Å². The molecule has 0 N–H and O–H groups in total. The smallest absolute Gasteiger partial charge is 0.119 e. The minimum absolute atomic E-state index is 0.949.